The molecule has 9 aromatic carbocycles. The summed E-state index contributed by atoms with van der Waals surface area (Å²) in [5.74, 6) is 0.897. The lowest BCUT2D eigenvalue weighted by Crippen LogP contribution is -2.00. The average Bonchev–Trinajstić information content (AvgIpc) is 3.84. The van der Waals surface area contributed by atoms with Crippen LogP contribution >= 0.6 is 0 Å². The smallest absolute Gasteiger partial charge is 0.138 e. The highest BCUT2D eigenvalue weighted by atomic mass is 15.1. The van der Waals surface area contributed by atoms with Gasteiger partial charge in [0, 0.05) is 32.8 Å². The number of fused-ring (bicyclic) bond motifs is 7. The molecule has 280 valence electrons. The van der Waals surface area contributed by atoms with E-state index in [0.29, 0.717) is 0 Å². The highest BCUT2D eigenvalue weighted by Crippen LogP contribution is 2.39. The molecule has 0 fully saturated rings. The van der Waals surface area contributed by atoms with E-state index in [0.717, 1.165) is 44.9 Å². The Morgan fingerprint density at radius 1 is 0.283 bits per heavy atom. The number of rotatable bonds is 6. The lowest BCUT2D eigenvalue weighted by molar-refractivity contribution is 1.08. The molecule has 0 spiro atoms. The molecule has 0 saturated carbocycles. The van der Waals surface area contributed by atoms with Gasteiger partial charge in [0.05, 0.1) is 27.8 Å². The van der Waals surface area contributed by atoms with Gasteiger partial charge in [-0.2, -0.15) is 0 Å². The second kappa shape index (κ2) is 13.8. The van der Waals surface area contributed by atoms with Gasteiger partial charge in [0.15, 0.2) is 0 Å². The maximum Gasteiger partial charge on any atom is 0.138 e. The maximum atomic E-state index is 5.34. The first-order valence-electron chi connectivity index (χ1n) is 20.5. The van der Waals surface area contributed by atoms with Crippen LogP contribution in [-0.4, -0.2) is 14.1 Å². The van der Waals surface area contributed by atoms with Crippen molar-refractivity contribution in [3.63, 3.8) is 0 Å². The molecule has 0 bridgehead atoms. The molecule has 0 unspecified atom stereocenters. The second-order valence-electron chi connectivity index (χ2n) is 15.6. The van der Waals surface area contributed by atoms with Crippen molar-refractivity contribution in [1.29, 1.82) is 0 Å². The maximum absolute atomic E-state index is 5.34. The molecule has 0 N–H and O–H groups in total. The van der Waals surface area contributed by atoms with Gasteiger partial charge in [-0.05, 0) is 105 Å². The van der Waals surface area contributed by atoms with Crippen molar-refractivity contribution >= 4 is 54.4 Å². The van der Waals surface area contributed by atoms with Crippen LogP contribution in [0.4, 0.5) is 0 Å². The average molecular weight is 764 g/mol. The van der Waals surface area contributed by atoms with E-state index in [-0.39, 0.29) is 0 Å². The first-order valence-corrected chi connectivity index (χ1v) is 20.5. The summed E-state index contributed by atoms with van der Waals surface area (Å²) in [5.41, 5.74) is 15.0. The number of hydrogen-bond acceptors (Lipinski definition) is 1. The number of nitrogens with zero attached hydrogens (tertiary/aromatic N) is 3. The Morgan fingerprint density at radius 3 is 1.48 bits per heavy atom. The van der Waals surface area contributed by atoms with E-state index in [1.54, 1.807) is 0 Å². The van der Waals surface area contributed by atoms with E-state index in [1.807, 2.05) is 0 Å². The summed E-state index contributed by atoms with van der Waals surface area (Å²) in [6.07, 6.45) is 0. The molecule has 12 rings (SSSR count). The van der Waals surface area contributed by atoms with Gasteiger partial charge in [-0.15, -0.1) is 0 Å². The molecule has 60 heavy (non-hydrogen) atoms. The summed E-state index contributed by atoms with van der Waals surface area (Å²) >= 11 is 0. The number of benzene rings is 9. The molecule has 0 atom stereocenters. The number of pyridine rings is 1. The van der Waals surface area contributed by atoms with E-state index in [9.17, 15) is 0 Å². The highest BCUT2D eigenvalue weighted by molar-refractivity contribution is 6.13. The molecule has 0 aliphatic carbocycles. The van der Waals surface area contributed by atoms with E-state index in [4.69, 9.17) is 4.98 Å². The number of aromatic nitrogens is 3. The molecule has 3 heteroatoms. The zero-order chi connectivity index (χ0) is 39.6. The molecule has 3 heterocycles. The first kappa shape index (κ1) is 34.1. The zero-order valence-corrected chi connectivity index (χ0v) is 32.7. The van der Waals surface area contributed by atoms with Gasteiger partial charge >= 0.3 is 0 Å². The van der Waals surface area contributed by atoms with Crippen molar-refractivity contribution in [3.8, 4) is 56.1 Å². The fourth-order valence-electron chi connectivity index (χ4n) is 9.28. The van der Waals surface area contributed by atoms with Gasteiger partial charge in [-0.25, -0.2) is 4.98 Å². The van der Waals surface area contributed by atoms with Crippen molar-refractivity contribution in [2.45, 2.75) is 0 Å². The largest absolute Gasteiger partial charge is 0.309 e. The van der Waals surface area contributed by atoms with Gasteiger partial charge in [-0.3, -0.25) is 4.57 Å². The van der Waals surface area contributed by atoms with Crippen molar-refractivity contribution in [2.24, 2.45) is 0 Å². The molecule has 0 amide bonds. The van der Waals surface area contributed by atoms with Crippen molar-refractivity contribution in [3.05, 3.63) is 224 Å². The molecule has 0 aliphatic heterocycles. The quantitative estimate of drug-likeness (QED) is 0.165. The van der Waals surface area contributed by atoms with Crippen LogP contribution in [0.5, 0.6) is 0 Å². The molecule has 12 aromatic rings. The Morgan fingerprint density at radius 2 is 0.800 bits per heavy atom. The lowest BCUT2D eigenvalue weighted by atomic mass is 9.98. The molecular formula is C57H37N3. The van der Waals surface area contributed by atoms with Gasteiger partial charge in [0.25, 0.3) is 0 Å². The van der Waals surface area contributed by atoms with Crippen LogP contribution in [0.1, 0.15) is 0 Å². The van der Waals surface area contributed by atoms with Crippen LogP contribution < -0.4 is 0 Å². The standard InChI is InChI=1S/C57H37N3/c1-3-14-38(15-4-1)44-36-52(41-17-5-2-6-18-41)58-57(37-44)60-54-25-12-10-22-49(54)51-35-43(29-33-56(51)60)42-28-32-55-50(34-42)48-21-9-11-24-53(48)59(55)45-30-26-40(27-31-45)47-23-13-19-39-16-7-8-20-46(39)47/h1-37H. The highest BCUT2D eigenvalue weighted by Gasteiger charge is 2.18. The number of para-hydroxylation sites is 2. The lowest BCUT2D eigenvalue weighted by Gasteiger charge is -2.13. The van der Waals surface area contributed by atoms with Gasteiger partial charge in [-0.1, -0.05) is 164 Å². The van der Waals surface area contributed by atoms with E-state index in [1.165, 1.54) is 65.6 Å². The predicted octanol–water partition coefficient (Wildman–Crippen LogP) is 15.1. The van der Waals surface area contributed by atoms with E-state index in [2.05, 4.69) is 234 Å². The Labute approximate surface area is 347 Å². The molecule has 0 radical (unpaired) electrons. The van der Waals surface area contributed by atoms with Crippen molar-refractivity contribution in [1.82, 2.24) is 14.1 Å². The van der Waals surface area contributed by atoms with Crippen LogP contribution in [0.25, 0.3) is 111 Å². The molecule has 0 aliphatic rings. The molecule has 3 nitrogen and oxygen atoms in total. The Balaban J connectivity index is 0.983. The minimum atomic E-state index is 0.897. The predicted molar refractivity (Wildman–Crippen MR) is 252 cm³/mol. The summed E-state index contributed by atoms with van der Waals surface area (Å²) in [7, 11) is 0. The SMILES string of the molecule is c1ccc(-c2cc(-c3ccccc3)nc(-n3c4ccccc4c4cc(-c5ccc6c(c5)c5ccccc5n6-c5ccc(-c6cccc7ccccc67)cc5)ccc43)c2)cc1. The van der Waals surface area contributed by atoms with Crippen molar-refractivity contribution < 1.29 is 0 Å². The van der Waals surface area contributed by atoms with Gasteiger partial charge in [0.2, 0.25) is 0 Å². The van der Waals surface area contributed by atoms with Crippen LogP contribution in [0.15, 0.2) is 224 Å². The van der Waals surface area contributed by atoms with Gasteiger partial charge in [0.1, 0.15) is 5.82 Å². The van der Waals surface area contributed by atoms with Gasteiger partial charge < -0.3 is 4.57 Å². The Bertz CT molecular complexity index is 3510. The summed E-state index contributed by atoms with van der Waals surface area (Å²) in [6.45, 7) is 0. The van der Waals surface area contributed by atoms with Crippen LogP contribution in [0, 0.1) is 0 Å². The summed E-state index contributed by atoms with van der Waals surface area (Å²) in [4.78, 5) is 5.34. The summed E-state index contributed by atoms with van der Waals surface area (Å²) in [5, 5.41) is 7.40. The summed E-state index contributed by atoms with van der Waals surface area (Å²) in [6, 6.07) is 81.0. The Kier molecular flexibility index (Phi) is 7.85. The summed E-state index contributed by atoms with van der Waals surface area (Å²) < 4.78 is 4.73. The minimum absolute atomic E-state index is 0.897. The second-order valence-corrected chi connectivity index (χ2v) is 15.6. The normalized spacial score (nSPS) is 11.7. The zero-order valence-electron chi connectivity index (χ0n) is 32.7. The Hall–Kier alpha value is -8.01. The fraction of sp³-hybridized carbons (Fsp3) is 0. The monoisotopic (exact) mass is 763 g/mol. The van der Waals surface area contributed by atoms with Crippen LogP contribution in [-0.2, 0) is 0 Å². The topological polar surface area (TPSA) is 22.8 Å². The molecular weight excluding hydrogens is 727 g/mol. The van der Waals surface area contributed by atoms with Crippen LogP contribution in [0.2, 0.25) is 0 Å². The third kappa shape index (κ3) is 5.55. The van der Waals surface area contributed by atoms with Crippen LogP contribution in [0.3, 0.4) is 0 Å². The first-order chi connectivity index (χ1) is 29.7. The third-order valence-electron chi connectivity index (χ3n) is 12.1. The van der Waals surface area contributed by atoms with E-state index >= 15 is 0 Å². The molecule has 3 aromatic heterocycles. The van der Waals surface area contributed by atoms with E-state index < -0.39 is 0 Å². The minimum Gasteiger partial charge on any atom is -0.309 e. The molecule has 0 saturated heterocycles. The fourth-order valence-corrected chi connectivity index (χ4v) is 9.28. The number of hydrogen-bond donors (Lipinski definition) is 0. The third-order valence-corrected chi connectivity index (χ3v) is 12.1. The van der Waals surface area contributed by atoms with Crippen molar-refractivity contribution in [2.75, 3.05) is 0 Å².